The number of nitrogens with zero attached hydrogens (tertiary/aromatic N) is 2. The van der Waals surface area contributed by atoms with Gasteiger partial charge in [0.25, 0.3) is 5.91 Å². The van der Waals surface area contributed by atoms with Crippen LogP contribution in [0.1, 0.15) is 20.8 Å². The molecule has 8 heteroatoms. The molecule has 0 aliphatic rings. The molecule has 2 amide bonds. The van der Waals surface area contributed by atoms with Crippen molar-refractivity contribution < 1.29 is 14.3 Å². The number of benzene rings is 2. The lowest BCUT2D eigenvalue weighted by molar-refractivity contribution is -0.119. The maximum atomic E-state index is 12.8. The SMILES string of the molecule is COCC(=O)Nc1cc(C(=O)NCCc2cccs2)cc2ncn(CCc3ccccc3)c12. The molecule has 0 aliphatic heterocycles. The van der Waals surface area contributed by atoms with E-state index in [9.17, 15) is 9.59 Å². The van der Waals surface area contributed by atoms with Crippen LogP contribution in [0.4, 0.5) is 5.69 Å². The van der Waals surface area contributed by atoms with Crippen LogP contribution in [0.25, 0.3) is 11.0 Å². The average molecular weight is 463 g/mol. The molecule has 0 radical (unpaired) electrons. The monoisotopic (exact) mass is 462 g/mol. The molecule has 0 unspecified atom stereocenters. The van der Waals surface area contributed by atoms with Crippen LogP contribution in [0.2, 0.25) is 0 Å². The second-order valence-electron chi connectivity index (χ2n) is 7.63. The topological polar surface area (TPSA) is 85.2 Å². The van der Waals surface area contributed by atoms with Crippen molar-refractivity contribution in [2.45, 2.75) is 19.4 Å². The number of ether oxygens (including phenoxy) is 1. The number of anilines is 1. The molecule has 0 spiro atoms. The number of imidazole rings is 1. The summed E-state index contributed by atoms with van der Waals surface area (Å²) in [6.45, 7) is 1.16. The number of hydrogen-bond acceptors (Lipinski definition) is 5. The zero-order valence-electron chi connectivity index (χ0n) is 18.4. The fourth-order valence-electron chi connectivity index (χ4n) is 3.67. The van der Waals surface area contributed by atoms with Crippen LogP contribution < -0.4 is 10.6 Å². The number of hydrogen-bond donors (Lipinski definition) is 2. The highest BCUT2D eigenvalue weighted by Gasteiger charge is 2.16. The third-order valence-corrected chi connectivity index (χ3v) is 6.18. The second kappa shape index (κ2) is 10.9. The van der Waals surface area contributed by atoms with Gasteiger partial charge in [-0.15, -0.1) is 11.3 Å². The van der Waals surface area contributed by atoms with E-state index in [0.29, 0.717) is 29.9 Å². The Morgan fingerprint density at radius 1 is 1.09 bits per heavy atom. The van der Waals surface area contributed by atoms with Crippen LogP contribution in [0.5, 0.6) is 0 Å². The summed E-state index contributed by atoms with van der Waals surface area (Å²) in [6, 6.07) is 17.7. The number of carbonyl (C=O) groups excluding carboxylic acids is 2. The quantitative estimate of drug-likeness (QED) is 0.374. The van der Waals surface area contributed by atoms with Crippen LogP contribution >= 0.6 is 11.3 Å². The Labute approximate surface area is 196 Å². The average Bonchev–Trinajstić information content (AvgIpc) is 3.48. The summed E-state index contributed by atoms with van der Waals surface area (Å²) in [5.74, 6) is -0.487. The van der Waals surface area contributed by atoms with Gasteiger partial charge in [0, 0.05) is 30.6 Å². The van der Waals surface area contributed by atoms with E-state index >= 15 is 0 Å². The van der Waals surface area contributed by atoms with Gasteiger partial charge in [-0.1, -0.05) is 36.4 Å². The fourth-order valence-corrected chi connectivity index (χ4v) is 4.38. The molecule has 33 heavy (non-hydrogen) atoms. The Hall–Kier alpha value is -3.49. The highest BCUT2D eigenvalue weighted by atomic mass is 32.1. The van der Waals surface area contributed by atoms with Gasteiger partial charge in [-0.25, -0.2) is 4.98 Å². The first kappa shape index (κ1) is 22.7. The largest absolute Gasteiger partial charge is 0.375 e. The Morgan fingerprint density at radius 2 is 1.94 bits per heavy atom. The van der Waals surface area contributed by atoms with Gasteiger partial charge in [0.2, 0.25) is 5.91 Å². The highest BCUT2D eigenvalue weighted by Crippen LogP contribution is 2.26. The summed E-state index contributed by atoms with van der Waals surface area (Å²) < 4.78 is 6.96. The number of thiophene rings is 1. The Balaban J connectivity index is 1.56. The molecular formula is C25H26N4O3S. The summed E-state index contributed by atoms with van der Waals surface area (Å²) in [6.07, 6.45) is 3.35. The molecule has 2 aromatic carbocycles. The number of fused-ring (bicyclic) bond motifs is 1. The van der Waals surface area contributed by atoms with Gasteiger partial charge in [0.05, 0.1) is 23.0 Å². The van der Waals surface area contributed by atoms with Gasteiger partial charge in [-0.05, 0) is 42.0 Å². The van der Waals surface area contributed by atoms with Crippen molar-refractivity contribution in [3.8, 4) is 0 Å². The summed E-state index contributed by atoms with van der Waals surface area (Å²) in [5, 5.41) is 7.86. The first-order valence-electron chi connectivity index (χ1n) is 10.8. The lowest BCUT2D eigenvalue weighted by Crippen LogP contribution is -2.26. The zero-order chi connectivity index (χ0) is 23.0. The molecule has 0 fully saturated rings. The third-order valence-electron chi connectivity index (χ3n) is 5.25. The number of methoxy groups -OCH3 is 1. The standard InChI is InChI=1S/C25H26N4O3S/c1-32-16-23(30)28-22-15-19(25(31)26-11-9-20-8-5-13-33-20)14-21-24(22)29(17-27-21)12-10-18-6-3-2-4-7-18/h2-8,13-15,17H,9-12,16H2,1H3,(H,26,31)(H,28,30). The number of nitrogens with one attached hydrogen (secondary N) is 2. The van der Waals surface area contributed by atoms with Gasteiger partial charge >= 0.3 is 0 Å². The molecule has 0 aliphatic carbocycles. The number of aromatic nitrogens is 2. The zero-order valence-corrected chi connectivity index (χ0v) is 19.2. The van der Waals surface area contributed by atoms with E-state index in [2.05, 4.69) is 33.8 Å². The van der Waals surface area contributed by atoms with Gasteiger partial charge in [-0.2, -0.15) is 0 Å². The fraction of sp³-hybridized carbons (Fsp3) is 0.240. The minimum atomic E-state index is -0.287. The van der Waals surface area contributed by atoms with Crippen molar-refractivity contribution in [3.63, 3.8) is 0 Å². The van der Waals surface area contributed by atoms with Gasteiger partial charge in [0.15, 0.2) is 0 Å². The molecule has 0 atom stereocenters. The lowest BCUT2D eigenvalue weighted by Gasteiger charge is -2.12. The van der Waals surface area contributed by atoms with E-state index in [-0.39, 0.29) is 18.4 Å². The van der Waals surface area contributed by atoms with E-state index in [1.165, 1.54) is 17.6 Å². The molecule has 2 N–H and O–H groups in total. The van der Waals surface area contributed by atoms with E-state index in [1.54, 1.807) is 29.8 Å². The minimum absolute atomic E-state index is 0.0725. The molecule has 4 rings (SSSR count). The first-order chi connectivity index (χ1) is 16.1. The first-order valence-corrected chi connectivity index (χ1v) is 11.6. The molecule has 0 saturated heterocycles. The smallest absolute Gasteiger partial charge is 0.251 e. The van der Waals surface area contributed by atoms with Gasteiger partial charge in [-0.3, -0.25) is 9.59 Å². The van der Waals surface area contributed by atoms with Crippen LogP contribution in [-0.4, -0.2) is 41.6 Å². The molecule has 4 aromatic rings. The number of carbonyl (C=O) groups is 2. The van der Waals surface area contributed by atoms with Gasteiger partial charge < -0.3 is 19.9 Å². The lowest BCUT2D eigenvalue weighted by atomic mass is 10.1. The summed E-state index contributed by atoms with van der Waals surface area (Å²) >= 11 is 1.67. The normalized spacial score (nSPS) is 10.9. The van der Waals surface area contributed by atoms with Crippen molar-refractivity contribution in [3.05, 3.63) is 82.3 Å². The van der Waals surface area contributed by atoms with Crippen molar-refractivity contribution in [1.82, 2.24) is 14.9 Å². The Morgan fingerprint density at radius 3 is 2.70 bits per heavy atom. The molecule has 170 valence electrons. The van der Waals surface area contributed by atoms with Crippen molar-refractivity contribution >= 4 is 39.9 Å². The van der Waals surface area contributed by atoms with Crippen LogP contribution in [-0.2, 0) is 28.9 Å². The number of amides is 2. The Bertz CT molecular complexity index is 1220. The maximum absolute atomic E-state index is 12.8. The summed E-state index contributed by atoms with van der Waals surface area (Å²) in [7, 11) is 1.47. The van der Waals surface area contributed by atoms with E-state index in [0.717, 1.165) is 18.4 Å². The molecular weight excluding hydrogens is 436 g/mol. The van der Waals surface area contributed by atoms with E-state index in [1.807, 2.05) is 34.2 Å². The van der Waals surface area contributed by atoms with Crippen molar-refractivity contribution in [2.75, 3.05) is 25.6 Å². The molecule has 2 heterocycles. The minimum Gasteiger partial charge on any atom is -0.375 e. The highest BCUT2D eigenvalue weighted by molar-refractivity contribution is 7.09. The van der Waals surface area contributed by atoms with Crippen LogP contribution in [0.3, 0.4) is 0 Å². The number of rotatable bonds is 10. The number of aryl methyl sites for hydroxylation is 2. The molecule has 7 nitrogen and oxygen atoms in total. The van der Waals surface area contributed by atoms with Gasteiger partial charge in [0.1, 0.15) is 6.61 Å². The second-order valence-corrected chi connectivity index (χ2v) is 8.66. The van der Waals surface area contributed by atoms with Crippen LogP contribution in [0.15, 0.2) is 66.3 Å². The molecule has 2 aromatic heterocycles. The maximum Gasteiger partial charge on any atom is 0.251 e. The molecule has 0 bridgehead atoms. The van der Waals surface area contributed by atoms with E-state index < -0.39 is 0 Å². The predicted molar refractivity (Wildman–Crippen MR) is 131 cm³/mol. The summed E-state index contributed by atoms with van der Waals surface area (Å²) in [5.41, 5.74) is 3.65. The van der Waals surface area contributed by atoms with Crippen molar-refractivity contribution in [2.24, 2.45) is 0 Å². The summed E-state index contributed by atoms with van der Waals surface area (Å²) in [4.78, 5) is 30.8. The van der Waals surface area contributed by atoms with Crippen molar-refractivity contribution in [1.29, 1.82) is 0 Å². The Kier molecular flexibility index (Phi) is 7.49. The predicted octanol–water partition coefficient (Wildman–Crippen LogP) is 3.90. The molecule has 0 saturated carbocycles. The third kappa shape index (κ3) is 5.85. The van der Waals surface area contributed by atoms with E-state index in [4.69, 9.17) is 4.74 Å². The van der Waals surface area contributed by atoms with Crippen LogP contribution in [0, 0.1) is 0 Å².